The predicted octanol–water partition coefficient (Wildman–Crippen LogP) is -0.875. The topological polar surface area (TPSA) is 78.6 Å². The van der Waals surface area contributed by atoms with Crippen LogP contribution in [0.2, 0.25) is 0 Å². The molecule has 1 aromatic rings. The number of methoxy groups -OCH3 is 1. The molecule has 76 valence electrons. The molecule has 5 heteroatoms. The number of anilines is 1. The van der Waals surface area contributed by atoms with Gasteiger partial charge in [-0.25, -0.2) is 5.84 Å². The second kappa shape index (κ2) is 4.48. The number of carboxylic acid groups (broad SMARTS) is 1. The first-order chi connectivity index (χ1) is 6.63. The third-order valence-corrected chi connectivity index (χ3v) is 1.68. The lowest BCUT2D eigenvalue weighted by molar-refractivity contribution is -0.303. The predicted molar refractivity (Wildman–Crippen MR) is 49.5 cm³/mol. The highest BCUT2D eigenvalue weighted by Gasteiger charge is 2.02. The van der Waals surface area contributed by atoms with Gasteiger partial charge in [-0.15, -0.1) is 0 Å². The van der Waals surface area contributed by atoms with Crippen LogP contribution in [0.15, 0.2) is 24.3 Å². The van der Waals surface area contributed by atoms with Gasteiger partial charge in [-0.2, -0.15) is 0 Å². The standard InChI is InChI=1S/C9H12N2O3/c1-14-8-4-2-3-7(5-8)11(10)6-9(12)13/h2-5H,6,10H2,1H3,(H,12,13)/p-1. The average Bonchev–Trinajstić information content (AvgIpc) is 2.17. The smallest absolute Gasteiger partial charge is 0.120 e. The molecular weight excluding hydrogens is 184 g/mol. The minimum absolute atomic E-state index is 0.354. The van der Waals surface area contributed by atoms with Crippen LogP contribution in [0.5, 0.6) is 5.75 Å². The number of ether oxygens (including phenoxy) is 1. The summed E-state index contributed by atoms with van der Waals surface area (Å²) in [5.74, 6) is 4.87. The normalized spacial score (nSPS) is 9.57. The lowest BCUT2D eigenvalue weighted by atomic mass is 10.3. The molecule has 0 heterocycles. The molecule has 0 saturated heterocycles. The van der Waals surface area contributed by atoms with Crippen LogP contribution in [0.1, 0.15) is 0 Å². The molecule has 0 spiro atoms. The number of aliphatic carboxylic acids is 1. The van der Waals surface area contributed by atoms with Gasteiger partial charge >= 0.3 is 0 Å². The van der Waals surface area contributed by atoms with Crippen LogP contribution in [0.3, 0.4) is 0 Å². The van der Waals surface area contributed by atoms with Crippen molar-refractivity contribution in [2.75, 3.05) is 18.7 Å². The fourth-order valence-electron chi connectivity index (χ4n) is 1.02. The number of hydrogen-bond acceptors (Lipinski definition) is 5. The highest BCUT2D eigenvalue weighted by atomic mass is 16.5. The summed E-state index contributed by atoms with van der Waals surface area (Å²) in [6.45, 7) is -0.354. The molecule has 0 aliphatic rings. The summed E-state index contributed by atoms with van der Waals surface area (Å²) in [5.41, 5.74) is 0.563. The van der Waals surface area contributed by atoms with Gasteiger partial charge in [0.15, 0.2) is 0 Å². The molecule has 0 unspecified atom stereocenters. The van der Waals surface area contributed by atoms with Gasteiger partial charge in [0.1, 0.15) is 5.75 Å². The first kappa shape index (κ1) is 10.3. The average molecular weight is 195 g/mol. The second-order valence-corrected chi connectivity index (χ2v) is 2.70. The van der Waals surface area contributed by atoms with E-state index in [9.17, 15) is 9.90 Å². The number of hydrazine groups is 1. The van der Waals surface area contributed by atoms with Gasteiger partial charge in [-0.3, -0.25) is 0 Å². The van der Waals surface area contributed by atoms with Crippen molar-refractivity contribution in [3.63, 3.8) is 0 Å². The van der Waals surface area contributed by atoms with Gasteiger partial charge < -0.3 is 19.6 Å². The Labute approximate surface area is 81.7 Å². The fourth-order valence-corrected chi connectivity index (χ4v) is 1.02. The number of carbonyl (C=O) groups excluding carboxylic acids is 1. The zero-order chi connectivity index (χ0) is 10.6. The van der Waals surface area contributed by atoms with Crippen molar-refractivity contribution in [2.24, 2.45) is 5.84 Å². The van der Waals surface area contributed by atoms with E-state index in [-0.39, 0.29) is 6.54 Å². The minimum atomic E-state index is -1.23. The summed E-state index contributed by atoms with van der Waals surface area (Å²) in [5, 5.41) is 11.4. The van der Waals surface area contributed by atoms with Gasteiger partial charge in [0.25, 0.3) is 0 Å². The molecule has 0 aromatic heterocycles. The Morgan fingerprint density at radius 3 is 2.93 bits per heavy atom. The van der Waals surface area contributed by atoms with Crippen LogP contribution in [-0.4, -0.2) is 19.6 Å². The van der Waals surface area contributed by atoms with E-state index in [1.807, 2.05) is 0 Å². The van der Waals surface area contributed by atoms with Crippen molar-refractivity contribution in [1.82, 2.24) is 0 Å². The maximum atomic E-state index is 10.3. The summed E-state index contributed by atoms with van der Waals surface area (Å²) in [6.07, 6.45) is 0. The first-order valence-electron chi connectivity index (χ1n) is 3.99. The van der Waals surface area contributed by atoms with E-state index in [0.717, 1.165) is 5.01 Å². The molecule has 0 saturated carbocycles. The van der Waals surface area contributed by atoms with E-state index >= 15 is 0 Å². The van der Waals surface area contributed by atoms with Crippen molar-refractivity contribution in [3.8, 4) is 5.75 Å². The van der Waals surface area contributed by atoms with E-state index in [1.165, 1.54) is 7.11 Å². The molecule has 0 atom stereocenters. The summed E-state index contributed by atoms with van der Waals surface area (Å²) >= 11 is 0. The fraction of sp³-hybridized carbons (Fsp3) is 0.222. The molecule has 0 fully saturated rings. The lowest BCUT2D eigenvalue weighted by Gasteiger charge is -2.19. The third kappa shape index (κ3) is 2.63. The highest BCUT2D eigenvalue weighted by molar-refractivity contribution is 5.71. The molecule has 0 bridgehead atoms. The van der Waals surface area contributed by atoms with Crippen LogP contribution in [-0.2, 0) is 4.79 Å². The van der Waals surface area contributed by atoms with Crippen LogP contribution >= 0.6 is 0 Å². The monoisotopic (exact) mass is 195 g/mol. The molecule has 0 radical (unpaired) electrons. The maximum absolute atomic E-state index is 10.3. The van der Waals surface area contributed by atoms with E-state index in [1.54, 1.807) is 24.3 Å². The zero-order valence-electron chi connectivity index (χ0n) is 7.77. The third-order valence-electron chi connectivity index (χ3n) is 1.68. The van der Waals surface area contributed by atoms with Gasteiger partial charge in [0.05, 0.1) is 25.3 Å². The van der Waals surface area contributed by atoms with Gasteiger partial charge in [-0.1, -0.05) is 6.07 Å². The van der Waals surface area contributed by atoms with Crippen molar-refractivity contribution in [3.05, 3.63) is 24.3 Å². The van der Waals surface area contributed by atoms with Crippen molar-refractivity contribution >= 4 is 11.7 Å². The van der Waals surface area contributed by atoms with Gasteiger partial charge in [0, 0.05) is 6.07 Å². The number of hydrogen-bond donors (Lipinski definition) is 1. The van der Waals surface area contributed by atoms with E-state index in [4.69, 9.17) is 10.6 Å². The van der Waals surface area contributed by atoms with Crippen LogP contribution in [0.4, 0.5) is 5.69 Å². The second-order valence-electron chi connectivity index (χ2n) is 2.70. The quantitative estimate of drug-likeness (QED) is 0.499. The largest absolute Gasteiger partial charge is 0.548 e. The van der Waals surface area contributed by atoms with Gasteiger partial charge in [0.2, 0.25) is 0 Å². The summed E-state index contributed by atoms with van der Waals surface area (Å²) in [4.78, 5) is 10.3. The van der Waals surface area contributed by atoms with E-state index in [2.05, 4.69) is 0 Å². The Morgan fingerprint density at radius 1 is 1.64 bits per heavy atom. The molecule has 1 rings (SSSR count). The number of rotatable bonds is 4. The lowest BCUT2D eigenvalue weighted by Crippen LogP contribution is -2.42. The summed E-state index contributed by atoms with van der Waals surface area (Å²) in [6, 6.07) is 6.80. The molecule has 0 amide bonds. The Balaban J connectivity index is 2.78. The molecule has 14 heavy (non-hydrogen) atoms. The van der Waals surface area contributed by atoms with E-state index < -0.39 is 5.97 Å². The SMILES string of the molecule is COc1cccc(N(N)CC(=O)[O-])c1. The Bertz CT molecular complexity index is 328. The highest BCUT2D eigenvalue weighted by Crippen LogP contribution is 2.18. The van der Waals surface area contributed by atoms with Crippen LogP contribution in [0, 0.1) is 0 Å². The summed E-state index contributed by atoms with van der Waals surface area (Å²) < 4.78 is 4.96. The Hall–Kier alpha value is -1.75. The van der Waals surface area contributed by atoms with Crippen molar-refractivity contribution < 1.29 is 14.6 Å². The Kier molecular flexibility index (Phi) is 3.30. The number of carbonyl (C=O) groups is 1. The van der Waals surface area contributed by atoms with Crippen LogP contribution < -0.4 is 20.7 Å². The molecule has 0 aliphatic heterocycles. The van der Waals surface area contributed by atoms with Crippen molar-refractivity contribution in [1.29, 1.82) is 0 Å². The van der Waals surface area contributed by atoms with Gasteiger partial charge in [-0.05, 0) is 12.1 Å². The first-order valence-corrected chi connectivity index (χ1v) is 3.99. The molecule has 2 N–H and O–H groups in total. The number of carboxylic acids is 1. The Morgan fingerprint density at radius 2 is 2.36 bits per heavy atom. The molecular formula is C9H11N2O3-. The van der Waals surface area contributed by atoms with Crippen molar-refractivity contribution in [2.45, 2.75) is 0 Å². The maximum Gasteiger partial charge on any atom is 0.120 e. The minimum Gasteiger partial charge on any atom is -0.548 e. The molecule has 1 aromatic carbocycles. The zero-order valence-corrected chi connectivity index (χ0v) is 7.77. The molecule has 5 nitrogen and oxygen atoms in total. The molecule has 0 aliphatic carbocycles. The van der Waals surface area contributed by atoms with E-state index in [0.29, 0.717) is 11.4 Å². The number of benzene rings is 1. The summed E-state index contributed by atoms with van der Waals surface area (Å²) in [7, 11) is 1.53. The number of nitrogens with two attached hydrogens (primary N) is 1. The number of nitrogens with zero attached hydrogens (tertiary/aromatic N) is 1. The van der Waals surface area contributed by atoms with Crippen LogP contribution in [0.25, 0.3) is 0 Å².